The molecule has 0 saturated heterocycles. The molecule has 0 radical (unpaired) electrons. The summed E-state index contributed by atoms with van der Waals surface area (Å²) >= 11 is 7.12. The van der Waals surface area contributed by atoms with E-state index in [9.17, 15) is 4.79 Å². The second-order valence-electron chi connectivity index (χ2n) is 3.44. The molecule has 0 N–H and O–H groups in total. The van der Waals surface area contributed by atoms with Gasteiger partial charge in [0.15, 0.2) is 0 Å². The molecule has 1 unspecified atom stereocenters. The molecule has 1 atom stereocenters. The van der Waals surface area contributed by atoms with E-state index in [0.717, 1.165) is 24.2 Å². The molecule has 0 amide bonds. The third-order valence-electron chi connectivity index (χ3n) is 2.15. The van der Waals surface area contributed by atoms with Gasteiger partial charge in [0, 0.05) is 4.90 Å². The van der Waals surface area contributed by atoms with Crippen molar-refractivity contribution in [3.8, 4) is 0 Å². The van der Waals surface area contributed by atoms with Crippen LogP contribution in [0.25, 0.3) is 0 Å². The number of halogens is 1. The fraction of sp³-hybridized carbons (Fsp3) is 0.308. The van der Waals surface area contributed by atoms with Crippen LogP contribution < -0.4 is 0 Å². The maximum absolute atomic E-state index is 11.3. The smallest absolute Gasteiger partial charge is 0.235 e. The van der Waals surface area contributed by atoms with Crippen LogP contribution >= 0.6 is 23.4 Å². The Bertz CT molecular complexity index is 337. The van der Waals surface area contributed by atoms with Gasteiger partial charge in [0.25, 0.3) is 0 Å². The first-order valence-electron chi connectivity index (χ1n) is 5.26. The molecule has 16 heavy (non-hydrogen) atoms. The molecule has 0 saturated carbocycles. The van der Waals surface area contributed by atoms with Crippen LogP contribution in [0.15, 0.2) is 47.9 Å². The van der Waals surface area contributed by atoms with Crippen LogP contribution in [0.5, 0.6) is 0 Å². The lowest BCUT2D eigenvalue weighted by Crippen LogP contribution is -2.10. The van der Waals surface area contributed by atoms with E-state index in [1.165, 1.54) is 11.8 Å². The van der Waals surface area contributed by atoms with E-state index in [-0.39, 0.29) is 10.5 Å². The number of allylic oxidation sites excluding steroid dienone is 1. The molecular weight excluding hydrogens is 240 g/mol. The Morgan fingerprint density at radius 3 is 2.69 bits per heavy atom. The molecule has 1 aromatic carbocycles. The molecule has 86 valence electrons. The van der Waals surface area contributed by atoms with E-state index >= 15 is 0 Å². The largest absolute Gasteiger partial charge is 0.280 e. The van der Waals surface area contributed by atoms with Crippen molar-refractivity contribution < 1.29 is 4.79 Å². The minimum Gasteiger partial charge on any atom is -0.280 e. The Morgan fingerprint density at radius 1 is 1.44 bits per heavy atom. The van der Waals surface area contributed by atoms with Crippen LogP contribution in [0.4, 0.5) is 0 Å². The highest BCUT2D eigenvalue weighted by Crippen LogP contribution is 2.28. The predicted molar refractivity (Wildman–Crippen MR) is 71.0 cm³/mol. The minimum absolute atomic E-state index is 0.149. The van der Waals surface area contributed by atoms with Gasteiger partial charge in [-0.1, -0.05) is 24.3 Å². The molecule has 0 aliphatic heterocycles. The van der Waals surface area contributed by atoms with Gasteiger partial charge >= 0.3 is 0 Å². The molecule has 1 aromatic rings. The van der Waals surface area contributed by atoms with Gasteiger partial charge in [0.1, 0.15) is 0 Å². The normalized spacial score (nSPS) is 12.1. The molecule has 0 fully saturated rings. The molecule has 0 aliphatic carbocycles. The Balaban J connectivity index is 2.51. The van der Waals surface area contributed by atoms with Gasteiger partial charge in [-0.2, -0.15) is 0 Å². The van der Waals surface area contributed by atoms with Crippen molar-refractivity contribution in [2.75, 3.05) is 0 Å². The quantitative estimate of drug-likeness (QED) is 0.313. The van der Waals surface area contributed by atoms with Crippen molar-refractivity contribution in [2.45, 2.75) is 29.4 Å². The topological polar surface area (TPSA) is 17.1 Å². The number of carbonyl (C=O) groups excluding carboxylic acids is 1. The Hall–Kier alpha value is -0.730. The maximum Gasteiger partial charge on any atom is 0.235 e. The molecule has 0 spiro atoms. The van der Waals surface area contributed by atoms with E-state index in [2.05, 4.69) is 6.58 Å². The van der Waals surface area contributed by atoms with Gasteiger partial charge in [-0.05, 0) is 43.0 Å². The first-order chi connectivity index (χ1) is 7.74. The number of benzene rings is 1. The predicted octanol–water partition coefficient (Wildman–Crippen LogP) is 4.27. The average molecular weight is 255 g/mol. The van der Waals surface area contributed by atoms with Gasteiger partial charge in [-0.25, -0.2) is 0 Å². The summed E-state index contributed by atoms with van der Waals surface area (Å²) < 4.78 is 0. The van der Waals surface area contributed by atoms with E-state index < -0.39 is 0 Å². The minimum atomic E-state index is -0.266. The van der Waals surface area contributed by atoms with Crippen LogP contribution in [-0.4, -0.2) is 10.5 Å². The summed E-state index contributed by atoms with van der Waals surface area (Å²) in [4.78, 5) is 12.3. The van der Waals surface area contributed by atoms with Crippen molar-refractivity contribution in [3.63, 3.8) is 0 Å². The SMILES string of the molecule is C=CCCCC(Sc1ccccc1)C(=O)Cl. The molecule has 0 aliphatic rings. The number of rotatable bonds is 7. The monoisotopic (exact) mass is 254 g/mol. The molecule has 0 bridgehead atoms. The van der Waals surface area contributed by atoms with Gasteiger partial charge in [-0.15, -0.1) is 18.3 Å². The Kier molecular flexibility index (Phi) is 6.27. The molecule has 0 aromatic heterocycles. The van der Waals surface area contributed by atoms with Crippen molar-refractivity contribution in [3.05, 3.63) is 43.0 Å². The van der Waals surface area contributed by atoms with Crippen LogP contribution in [0.2, 0.25) is 0 Å². The lowest BCUT2D eigenvalue weighted by molar-refractivity contribution is -0.111. The van der Waals surface area contributed by atoms with Gasteiger partial charge in [-0.3, -0.25) is 4.79 Å². The molecule has 3 heteroatoms. The van der Waals surface area contributed by atoms with Crippen LogP contribution in [0.3, 0.4) is 0 Å². The lowest BCUT2D eigenvalue weighted by atomic mass is 10.2. The highest BCUT2D eigenvalue weighted by Gasteiger charge is 2.16. The van der Waals surface area contributed by atoms with Crippen LogP contribution in [-0.2, 0) is 4.79 Å². The standard InChI is InChI=1S/C13H15ClOS/c1-2-3-5-10-12(13(14)15)16-11-8-6-4-7-9-11/h2,4,6-9,12H,1,3,5,10H2. The Labute approximate surface area is 106 Å². The van der Waals surface area contributed by atoms with Crippen molar-refractivity contribution in [2.24, 2.45) is 0 Å². The Morgan fingerprint density at radius 2 is 2.12 bits per heavy atom. The van der Waals surface area contributed by atoms with Crippen LogP contribution in [0.1, 0.15) is 19.3 Å². The number of carbonyl (C=O) groups is 1. The highest BCUT2D eigenvalue weighted by atomic mass is 35.5. The van der Waals surface area contributed by atoms with Crippen molar-refractivity contribution in [1.82, 2.24) is 0 Å². The first kappa shape index (κ1) is 13.3. The summed E-state index contributed by atoms with van der Waals surface area (Å²) in [7, 11) is 0. The van der Waals surface area contributed by atoms with Gasteiger partial charge < -0.3 is 0 Å². The first-order valence-corrected chi connectivity index (χ1v) is 6.51. The zero-order valence-corrected chi connectivity index (χ0v) is 10.6. The second kappa shape index (κ2) is 7.53. The van der Waals surface area contributed by atoms with E-state index in [0.29, 0.717) is 0 Å². The summed E-state index contributed by atoms with van der Waals surface area (Å²) in [5.41, 5.74) is 0. The lowest BCUT2D eigenvalue weighted by Gasteiger charge is -2.11. The molecule has 1 nitrogen and oxygen atoms in total. The van der Waals surface area contributed by atoms with E-state index in [1.54, 1.807) is 0 Å². The van der Waals surface area contributed by atoms with E-state index in [1.807, 2.05) is 36.4 Å². The molecular formula is C13H15ClOS. The zero-order valence-electron chi connectivity index (χ0n) is 9.06. The van der Waals surface area contributed by atoms with Gasteiger partial charge in [0.2, 0.25) is 5.24 Å². The summed E-state index contributed by atoms with van der Waals surface area (Å²) in [6.45, 7) is 3.66. The maximum atomic E-state index is 11.3. The summed E-state index contributed by atoms with van der Waals surface area (Å²) in [6, 6.07) is 9.86. The summed E-state index contributed by atoms with van der Waals surface area (Å²) in [5, 5.41) is -0.415. The van der Waals surface area contributed by atoms with Crippen molar-refractivity contribution >= 4 is 28.6 Å². The number of thioether (sulfide) groups is 1. The van der Waals surface area contributed by atoms with Crippen molar-refractivity contribution in [1.29, 1.82) is 0 Å². The fourth-order valence-electron chi connectivity index (χ4n) is 1.33. The summed E-state index contributed by atoms with van der Waals surface area (Å²) in [5.74, 6) is 0. The molecule has 0 heterocycles. The van der Waals surface area contributed by atoms with Gasteiger partial charge in [0.05, 0.1) is 5.25 Å². The third kappa shape index (κ3) is 4.86. The van der Waals surface area contributed by atoms with Crippen LogP contribution in [0, 0.1) is 0 Å². The summed E-state index contributed by atoms with van der Waals surface area (Å²) in [6.07, 6.45) is 4.54. The fourth-order valence-corrected chi connectivity index (χ4v) is 2.59. The average Bonchev–Trinajstić information content (AvgIpc) is 2.29. The van der Waals surface area contributed by atoms with E-state index in [4.69, 9.17) is 11.6 Å². The third-order valence-corrected chi connectivity index (χ3v) is 3.82. The highest BCUT2D eigenvalue weighted by molar-refractivity contribution is 8.00. The number of hydrogen-bond donors (Lipinski definition) is 0. The number of hydrogen-bond acceptors (Lipinski definition) is 2. The zero-order chi connectivity index (χ0) is 11.8. The molecule has 1 rings (SSSR count). The number of unbranched alkanes of at least 4 members (excludes halogenated alkanes) is 1. The second-order valence-corrected chi connectivity index (χ2v) is 5.09.